The molecule has 1 aliphatic rings. The summed E-state index contributed by atoms with van der Waals surface area (Å²) in [6.07, 6.45) is 2.20. The van der Waals surface area contributed by atoms with Crippen LogP contribution < -0.4 is 11.4 Å². The number of nitrogen functional groups attached to an aromatic ring is 1. The van der Waals surface area contributed by atoms with Crippen molar-refractivity contribution in [3.05, 3.63) is 28.7 Å². The quantitative estimate of drug-likeness (QED) is 0.663. The minimum Gasteiger partial charge on any atom is -0.399 e. The molecule has 0 aliphatic heterocycles. The van der Waals surface area contributed by atoms with Crippen molar-refractivity contribution in [2.75, 3.05) is 5.73 Å². The summed E-state index contributed by atoms with van der Waals surface area (Å²) >= 11 is 0. The first kappa shape index (κ1) is 7.67. The molecule has 0 bridgehead atoms. The number of H-pyrrole nitrogens is 1. The number of fused-ring (bicyclic) bond motifs is 1. The van der Waals surface area contributed by atoms with Crippen molar-refractivity contribution >= 4 is 16.7 Å². The number of hydrogen-bond acceptors (Lipinski definition) is 2. The number of nitrogens with one attached hydrogen (secondary N) is 1. The molecule has 0 atom stereocenters. The number of nitrogens with two attached hydrogens (primary N) is 1. The molecule has 4 nitrogen and oxygen atoms in total. The minimum atomic E-state index is -0.0203. The number of hydrogen-bond donors (Lipinski definition) is 2. The third-order valence-electron chi connectivity index (χ3n) is 2.65. The fraction of sp³-hybridized carbons (Fsp3) is 0.300. The Morgan fingerprint density at radius 2 is 2.21 bits per heavy atom. The summed E-state index contributed by atoms with van der Waals surface area (Å²) in [5.74, 6) is 0. The number of aromatic amines is 1. The molecule has 14 heavy (non-hydrogen) atoms. The molecule has 1 saturated carbocycles. The Bertz CT molecular complexity index is 548. The molecule has 1 fully saturated rings. The van der Waals surface area contributed by atoms with E-state index in [0.717, 1.165) is 23.9 Å². The van der Waals surface area contributed by atoms with Gasteiger partial charge in [-0.3, -0.25) is 4.57 Å². The van der Waals surface area contributed by atoms with Gasteiger partial charge >= 0.3 is 5.69 Å². The largest absolute Gasteiger partial charge is 0.399 e. The Balaban J connectivity index is 2.39. The van der Waals surface area contributed by atoms with Gasteiger partial charge in [0.15, 0.2) is 0 Å². The molecule has 2 aromatic rings. The van der Waals surface area contributed by atoms with Gasteiger partial charge in [-0.1, -0.05) is 0 Å². The van der Waals surface area contributed by atoms with E-state index in [1.165, 1.54) is 0 Å². The lowest BCUT2D eigenvalue weighted by molar-refractivity contribution is 0.733. The average molecular weight is 189 g/mol. The van der Waals surface area contributed by atoms with Crippen LogP contribution in [-0.4, -0.2) is 9.55 Å². The van der Waals surface area contributed by atoms with E-state index in [4.69, 9.17) is 5.73 Å². The number of benzene rings is 1. The van der Waals surface area contributed by atoms with Crippen LogP contribution in [0.15, 0.2) is 23.0 Å². The van der Waals surface area contributed by atoms with Crippen LogP contribution in [0.5, 0.6) is 0 Å². The summed E-state index contributed by atoms with van der Waals surface area (Å²) in [6, 6.07) is 5.89. The second-order valence-electron chi connectivity index (χ2n) is 3.81. The highest BCUT2D eigenvalue weighted by atomic mass is 16.1. The molecule has 0 spiro atoms. The van der Waals surface area contributed by atoms with Crippen molar-refractivity contribution < 1.29 is 0 Å². The Morgan fingerprint density at radius 3 is 2.93 bits per heavy atom. The summed E-state index contributed by atoms with van der Waals surface area (Å²) in [5, 5.41) is 0. The Labute approximate surface area is 80.3 Å². The van der Waals surface area contributed by atoms with Crippen molar-refractivity contribution in [1.82, 2.24) is 9.55 Å². The first-order valence-corrected chi connectivity index (χ1v) is 4.75. The lowest BCUT2D eigenvalue weighted by Crippen LogP contribution is -2.14. The van der Waals surface area contributed by atoms with Gasteiger partial charge in [0, 0.05) is 11.7 Å². The molecular weight excluding hydrogens is 178 g/mol. The Morgan fingerprint density at radius 1 is 1.43 bits per heavy atom. The van der Waals surface area contributed by atoms with Gasteiger partial charge in [0.2, 0.25) is 0 Å². The Kier molecular flexibility index (Phi) is 1.32. The molecule has 4 heteroatoms. The van der Waals surface area contributed by atoms with Crippen LogP contribution in [0.4, 0.5) is 5.69 Å². The van der Waals surface area contributed by atoms with Gasteiger partial charge in [0.25, 0.3) is 0 Å². The van der Waals surface area contributed by atoms with Gasteiger partial charge < -0.3 is 10.7 Å². The molecular formula is C10H11N3O. The number of rotatable bonds is 1. The van der Waals surface area contributed by atoms with Crippen LogP contribution in [0, 0.1) is 0 Å². The summed E-state index contributed by atoms with van der Waals surface area (Å²) in [6.45, 7) is 0. The molecule has 3 N–H and O–H groups in total. The minimum absolute atomic E-state index is 0.0203. The van der Waals surface area contributed by atoms with Gasteiger partial charge in [-0.15, -0.1) is 0 Å². The Hall–Kier alpha value is -1.71. The second kappa shape index (κ2) is 2.41. The fourth-order valence-electron chi connectivity index (χ4n) is 1.83. The lowest BCUT2D eigenvalue weighted by atomic mass is 10.3. The van der Waals surface area contributed by atoms with E-state index in [1.807, 2.05) is 16.7 Å². The number of aromatic nitrogens is 2. The number of imidazole rings is 1. The molecule has 1 aromatic carbocycles. The maximum absolute atomic E-state index is 11.6. The van der Waals surface area contributed by atoms with Crippen LogP contribution in [0.25, 0.3) is 11.0 Å². The van der Waals surface area contributed by atoms with Crippen LogP contribution >= 0.6 is 0 Å². The smallest absolute Gasteiger partial charge is 0.326 e. The van der Waals surface area contributed by atoms with Crippen molar-refractivity contribution in [3.63, 3.8) is 0 Å². The average Bonchev–Trinajstić information content (AvgIpc) is 2.90. The lowest BCUT2D eigenvalue weighted by Gasteiger charge is -1.99. The second-order valence-corrected chi connectivity index (χ2v) is 3.81. The molecule has 72 valence electrons. The summed E-state index contributed by atoms with van der Waals surface area (Å²) < 4.78 is 1.81. The van der Waals surface area contributed by atoms with Gasteiger partial charge in [-0.2, -0.15) is 0 Å². The van der Waals surface area contributed by atoms with Crippen LogP contribution in [0.1, 0.15) is 18.9 Å². The van der Waals surface area contributed by atoms with Crippen LogP contribution in [0.2, 0.25) is 0 Å². The monoisotopic (exact) mass is 189 g/mol. The third-order valence-corrected chi connectivity index (χ3v) is 2.65. The molecule has 3 rings (SSSR count). The molecule has 0 unspecified atom stereocenters. The van der Waals surface area contributed by atoms with E-state index in [0.29, 0.717) is 11.7 Å². The van der Waals surface area contributed by atoms with E-state index < -0.39 is 0 Å². The van der Waals surface area contributed by atoms with Crippen LogP contribution in [-0.2, 0) is 0 Å². The van der Waals surface area contributed by atoms with Gasteiger partial charge in [-0.25, -0.2) is 4.79 Å². The molecule has 1 heterocycles. The van der Waals surface area contributed by atoms with Crippen molar-refractivity contribution in [2.45, 2.75) is 18.9 Å². The maximum atomic E-state index is 11.6. The summed E-state index contributed by atoms with van der Waals surface area (Å²) in [7, 11) is 0. The predicted molar refractivity (Wildman–Crippen MR) is 55.2 cm³/mol. The van der Waals surface area contributed by atoms with Gasteiger partial charge in [-0.05, 0) is 31.0 Å². The predicted octanol–water partition coefficient (Wildman–Crippen LogP) is 1.25. The van der Waals surface area contributed by atoms with Crippen molar-refractivity contribution in [3.8, 4) is 0 Å². The van der Waals surface area contributed by atoms with Gasteiger partial charge in [0.05, 0.1) is 11.0 Å². The zero-order chi connectivity index (χ0) is 9.71. The molecule has 0 radical (unpaired) electrons. The first-order valence-electron chi connectivity index (χ1n) is 4.75. The van der Waals surface area contributed by atoms with E-state index >= 15 is 0 Å². The molecule has 0 saturated heterocycles. The van der Waals surface area contributed by atoms with Crippen LogP contribution in [0.3, 0.4) is 0 Å². The standard InChI is InChI=1S/C10H11N3O/c11-6-1-4-8-9(5-6)13(7-2-3-7)10(14)12-8/h1,4-5,7H,2-3,11H2,(H,12,14). The fourth-order valence-corrected chi connectivity index (χ4v) is 1.83. The highest BCUT2D eigenvalue weighted by Gasteiger charge is 2.26. The SMILES string of the molecule is Nc1ccc2[nH]c(=O)n(C3CC3)c2c1. The summed E-state index contributed by atoms with van der Waals surface area (Å²) in [4.78, 5) is 14.4. The zero-order valence-corrected chi connectivity index (χ0v) is 7.66. The highest BCUT2D eigenvalue weighted by Crippen LogP contribution is 2.35. The van der Waals surface area contributed by atoms with Crippen molar-refractivity contribution in [1.29, 1.82) is 0 Å². The maximum Gasteiger partial charge on any atom is 0.326 e. The highest BCUT2D eigenvalue weighted by molar-refractivity contribution is 5.79. The topological polar surface area (TPSA) is 63.8 Å². The normalized spacial score (nSPS) is 16.3. The van der Waals surface area contributed by atoms with E-state index in [-0.39, 0.29) is 5.69 Å². The first-order chi connectivity index (χ1) is 6.75. The van der Waals surface area contributed by atoms with E-state index in [1.54, 1.807) is 6.07 Å². The molecule has 1 aromatic heterocycles. The van der Waals surface area contributed by atoms with E-state index in [9.17, 15) is 4.79 Å². The number of anilines is 1. The third kappa shape index (κ3) is 0.968. The molecule has 0 amide bonds. The van der Waals surface area contributed by atoms with E-state index in [2.05, 4.69) is 4.98 Å². The summed E-state index contributed by atoms with van der Waals surface area (Å²) in [5.41, 5.74) is 8.17. The van der Waals surface area contributed by atoms with Gasteiger partial charge in [0.1, 0.15) is 0 Å². The molecule has 1 aliphatic carbocycles. The van der Waals surface area contributed by atoms with Crippen molar-refractivity contribution in [2.24, 2.45) is 0 Å². The zero-order valence-electron chi connectivity index (χ0n) is 7.66. The number of nitrogens with zero attached hydrogens (tertiary/aromatic N) is 1.